The minimum Gasteiger partial charge on any atom is -0.481 e. The van der Waals surface area contributed by atoms with Crippen molar-refractivity contribution in [3.8, 4) is 0 Å². The lowest BCUT2D eigenvalue weighted by Crippen LogP contribution is -2.50. The molecule has 0 unspecified atom stereocenters. The lowest BCUT2D eigenvalue weighted by molar-refractivity contribution is -0.142. The number of amides is 2. The van der Waals surface area contributed by atoms with Gasteiger partial charge in [-0.3, -0.25) is 14.4 Å². The molecule has 1 saturated carbocycles. The minimum absolute atomic E-state index is 0.0472. The SMILES string of the molecule is CN1CCCC=CCCC[C@H](CC(=O)O)C(=O)N[C@@H](CC2CCCCC2)C1=O. The Balaban J connectivity index is 2.14. The molecule has 0 aromatic rings. The molecule has 0 spiro atoms. The molecule has 6 nitrogen and oxygen atoms in total. The monoisotopic (exact) mass is 392 g/mol. The number of hydrogen-bond donors (Lipinski definition) is 2. The third-order valence-corrected chi connectivity index (χ3v) is 6.03. The van der Waals surface area contributed by atoms with Crippen LogP contribution in [0.25, 0.3) is 0 Å². The molecule has 1 heterocycles. The van der Waals surface area contributed by atoms with Gasteiger partial charge in [-0.05, 0) is 44.4 Å². The van der Waals surface area contributed by atoms with E-state index < -0.39 is 17.9 Å². The van der Waals surface area contributed by atoms with Gasteiger partial charge in [0, 0.05) is 19.5 Å². The average Bonchev–Trinajstić information content (AvgIpc) is 2.67. The Morgan fingerprint density at radius 2 is 1.75 bits per heavy atom. The molecule has 158 valence electrons. The van der Waals surface area contributed by atoms with Gasteiger partial charge in [-0.1, -0.05) is 44.3 Å². The first kappa shape index (κ1) is 22.4. The van der Waals surface area contributed by atoms with Crippen LogP contribution in [0.3, 0.4) is 0 Å². The molecule has 1 aliphatic heterocycles. The average molecular weight is 393 g/mol. The third kappa shape index (κ3) is 7.64. The molecule has 2 aliphatic rings. The first-order valence-electron chi connectivity index (χ1n) is 10.9. The lowest BCUT2D eigenvalue weighted by atomic mass is 9.84. The van der Waals surface area contributed by atoms with Gasteiger partial charge in [0.15, 0.2) is 0 Å². The summed E-state index contributed by atoms with van der Waals surface area (Å²) in [4.78, 5) is 38.9. The third-order valence-electron chi connectivity index (χ3n) is 6.03. The fourth-order valence-corrected chi connectivity index (χ4v) is 4.34. The van der Waals surface area contributed by atoms with Crippen molar-refractivity contribution in [2.24, 2.45) is 11.8 Å². The number of carboxylic acids is 1. The summed E-state index contributed by atoms with van der Waals surface area (Å²) in [5.74, 6) is -1.43. The first-order valence-corrected chi connectivity index (χ1v) is 10.9. The van der Waals surface area contributed by atoms with E-state index in [1.807, 2.05) is 0 Å². The zero-order valence-electron chi connectivity index (χ0n) is 17.2. The van der Waals surface area contributed by atoms with Crippen molar-refractivity contribution in [1.29, 1.82) is 0 Å². The second-order valence-corrected chi connectivity index (χ2v) is 8.40. The molecule has 2 atom stereocenters. The second kappa shape index (κ2) is 11.9. The molecule has 0 radical (unpaired) electrons. The van der Waals surface area contributed by atoms with Gasteiger partial charge in [0.25, 0.3) is 0 Å². The number of allylic oxidation sites excluding steroid dienone is 2. The van der Waals surface area contributed by atoms with E-state index in [1.54, 1.807) is 11.9 Å². The van der Waals surface area contributed by atoms with E-state index in [0.717, 1.165) is 38.5 Å². The van der Waals surface area contributed by atoms with Crippen molar-refractivity contribution in [3.63, 3.8) is 0 Å². The zero-order valence-corrected chi connectivity index (χ0v) is 17.2. The van der Waals surface area contributed by atoms with Gasteiger partial charge in [0.05, 0.1) is 6.42 Å². The van der Waals surface area contributed by atoms with Crippen molar-refractivity contribution >= 4 is 17.8 Å². The highest BCUT2D eigenvalue weighted by molar-refractivity contribution is 5.89. The summed E-state index contributed by atoms with van der Waals surface area (Å²) in [6.45, 7) is 0.665. The van der Waals surface area contributed by atoms with Crippen molar-refractivity contribution in [1.82, 2.24) is 10.2 Å². The summed E-state index contributed by atoms with van der Waals surface area (Å²) in [7, 11) is 1.80. The minimum atomic E-state index is -0.968. The molecule has 1 fully saturated rings. The van der Waals surface area contributed by atoms with E-state index in [-0.39, 0.29) is 18.2 Å². The Kier molecular flexibility index (Phi) is 9.51. The number of nitrogens with zero attached hydrogens (tertiary/aromatic N) is 1. The van der Waals surface area contributed by atoms with Gasteiger partial charge in [0.2, 0.25) is 11.8 Å². The summed E-state index contributed by atoms with van der Waals surface area (Å²) in [5.41, 5.74) is 0. The predicted octanol–water partition coefficient (Wildman–Crippen LogP) is 3.51. The van der Waals surface area contributed by atoms with Crippen LogP contribution in [0, 0.1) is 11.8 Å². The Hall–Kier alpha value is -1.85. The van der Waals surface area contributed by atoms with Crippen molar-refractivity contribution < 1.29 is 19.5 Å². The quantitative estimate of drug-likeness (QED) is 0.717. The second-order valence-electron chi connectivity index (χ2n) is 8.40. The number of nitrogens with one attached hydrogen (secondary N) is 1. The first-order chi connectivity index (χ1) is 13.5. The molecule has 0 bridgehead atoms. The lowest BCUT2D eigenvalue weighted by Gasteiger charge is -2.30. The summed E-state index contributed by atoms with van der Waals surface area (Å²) in [6, 6.07) is -0.546. The van der Waals surface area contributed by atoms with Crippen LogP contribution in [0.4, 0.5) is 0 Å². The number of rotatable bonds is 4. The summed E-state index contributed by atoms with van der Waals surface area (Å²) in [6.07, 6.45) is 14.5. The van der Waals surface area contributed by atoms with Gasteiger partial charge in [-0.25, -0.2) is 0 Å². The molecule has 0 aromatic heterocycles. The largest absolute Gasteiger partial charge is 0.481 e. The van der Waals surface area contributed by atoms with E-state index in [9.17, 15) is 19.5 Å². The number of carbonyl (C=O) groups is 3. The number of aliphatic carboxylic acids is 1. The van der Waals surface area contributed by atoms with Gasteiger partial charge in [-0.15, -0.1) is 0 Å². The molecule has 28 heavy (non-hydrogen) atoms. The summed E-state index contributed by atoms with van der Waals surface area (Å²) < 4.78 is 0. The fourth-order valence-electron chi connectivity index (χ4n) is 4.34. The van der Waals surface area contributed by atoms with E-state index in [1.165, 1.54) is 19.3 Å². The Morgan fingerprint density at radius 1 is 1.07 bits per heavy atom. The fraction of sp³-hybridized carbons (Fsp3) is 0.773. The number of carboxylic acid groups (broad SMARTS) is 1. The highest BCUT2D eigenvalue weighted by Crippen LogP contribution is 2.28. The van der Waals surface area contributed by atoms with Crippen LogP contribution in [-0.2, 0) is 14.4 Å². The molecule has 2 N–H and O–H groups in total. The van der Waals surface area contributed by atoms with E-state index in [4.69, 9.17) is 0 Å². The number of likely N-dealkylation sites (N-methyl/N-ethyl adjacent to an activating group) is 1. The standard InChI is InChI=1S/C22H36N2O4/c1-24-14-10-5-3-2-4-9-13-18(16-20(25)26)21(27)23-19(22(24)28)15-17-11-7-6-8-12-17/h2-3,17-19H,4-16H2,1H3,(H,23,27)(H,25,26)/t18-,19+/m1/s1. The maximum atomic E-state index is 13.0. The van der Waals surface area contributed by atoms with Gasteiger partial charge in [-0.2, -0.15) is 0 Å². The highest BCUT2D eigenvalue weighted by atomic mass is 16.4. The smallest absolute Gasteiger partial charge is 0.304 e. The van der Waals surface area contributed by atoms with Gasteiger partial charge < -0.3 is 15.3 Å². The normalized spacial score (nSPS) is 26.5. The molecule has 0 aromatic carbocycles. The Morgan fingerprint density at radius 3 is 2.43 bits per heavy atom. The summed E-state index contributed by atoms with van der Waals surface area (Å²) >= 11 is 0. The van der Waals surface area contributed by atoms with Crippen LogP contribution in [0.15, 0.2) is 12.2 Å². The van der Waals surface area contributed by atoms with Crippen molar-refractivity contribution in [3.05, 3.63) is 12.2 Å². The van der Waals surface area contributed by atoms with E-state index in [2.05, 4.69) is 17.5 Å². The maximum Gasteiger partial charge on any atom is 0.304 e. The molecular formula is C22H36N2O4. The van der Waals surface area contributed by atoms with Crippen LogP contribution in [-0.4, -0.2) is 47.4 Å². The number of carbonyl (C=O) groups excluding carboxylic acids is 2. The summed E-state index contributed by atoms with van der Waals surface area (Å²) in [5, 5.41) is 12.1. The maximum absolute atomic E-state index is 13.0. The molecular weight excluding hydrogens is 356 g/mol. The van der Waals surface area contributed by atoms with Crippen LogP contribution < -0.4 is 5.32 Å². The zero-order chi connectivity index (χ0) is 20.4. The highest BCUT2D eigenvalue weighted by Gasteiger charge is 2.31. The van der Waals surface area contributed by atoms with Gasteiger partial charge >= 0.3 is 5.97 Å². The molecule has 1 aliphatic carbocycles. The van der Waals surface area contributed by atoms with E-state index in [0.29, 0.717) is 25.3 Å². The van der Waals surface area contributed by atoms with Crippen molar-refractivity contribution in [2.75, 3.05) is 13.6 Å². The molecule has 2 amide bonds. The van der Waals surface area contributed by atoms with Crippen LogP contribution in [0.1, 0.15) is 77.0 Å². The molecule has 2 rings (SSSR count). The van der Waals surface area contributed by atoms with Crippen molar-refractivity contribution in [2.45, 2.75) is 83.1 Å². The van der Waals surface area contributed by atoms with Crippen LogP contribution >= 0.6 is 0 Å². The predicted molar refractivity (Wildman–Crippen MR) is 109 cm³/mol. The van der Waals surface area contributed by atoms with Crippen LogP contribution in [0.5, 0.6) is 0 Å². The topological polar surface area (TPSA) is 86.7 Å². The van der Waals surface area contributed by atoms with E-state index >= 15 is 0 Å². The molecule has 0 saturated heterocycles. The Bertz CT molecular complexity index is 555. The molecule has 6 heteroatoms. The Labute approximate surface area is 168 Å². The number of hydrogen-bond acceptors (Lipinski definition) is 3. The van der Waals surface area contributed by atoms with Crippen LogP contribution in [0.2, 0.25) is 0 Å². The van der Waals surface area contributed by atoms with Gasteiger partial charge in [0.1, 0.15) is 6.04 Å².